The molecule has 0 aromatic heterocycles. The van der Waals surface area contributed by atoms with Crippen molar-refractivity contribution in [1.82, 2.24) is 15.8 Å². The highest BCUT2D eigenvalue weighted by Gasteiger charge is 2.60. The zero-order valence-corrected chi connectivity index (χ0v) is 12.8. The van der Waals surface area contributed by atoms with Gasteiger partial charge in [-0.3, -0.25) is 25.1 Å². The van der Waals surface area contributed by atoms with E-state index < -0.39 is 16.2 Å². The van der Waals surface area contributed by atoms with E-state index in [1.165, 1.54) is 0 Å². The molecule has 3 amide bonds. The van der Waals surface area contributed by atoms with Crippen LogP contribution in [0.15, 0.2) is 0 Å². The highest BCUT2D eigenvalue weighted by Crippen LogP contribution is 2.56. The topological polar surface area (TPSA) is 78.5 Å². The van der Waals surface area contributed by atoms with Gasteiger partial charge in [0, 0.05) is 30.3 Å². The number of nitrogens with one attached hydrogen (secondary N) is 2. The standard InChI is InChI=1S/C14H23N3O3/c1-12-6-13(2,10(19)15-9(12)18)8-14(3,7-12)11(20)16-17(4)5/h6-8H2,1-5H3,(H,16,20)(H,15,18,19). The molecule has 0 radical (unpaired) electrons. The molecule has 2 N–H and O–H groups in total. The molecule has 6 heteroatoms. The van der Waals surface area contributed by atoms with Crippen LogP contribution in [0.3, 0.4) is 0 Å². The molecule has 0 aromatic rings. The van der Waals surface area contributed by atoms with Gasteiger partial charge in [-0.2, -0.15) is 0 Å². The zero-order valence-electron chi connectivity index (χ0n) is 12.8. The van der Waals surface area contributed by atoms with Crippen LogP contribution < -0.4 is 10.7 Å². The SMILES string of the molecule is CN(C)NC(=O)C1(C)CC2(C)CC(C)(C1)C(=O)NC2=O. The highest BCUT2D eigenvalue weighted by atomic mass is 16.2. The first-order valence-corrected chi connectivity index (χ1v) is 6.85. The monoisotopic (exact) mass is 281 g/mol. The molecule has 2 bridgehead atoms. The highest BCUT2D eigenvalue weighted by molar-refractivity contribution is 6.04. The summed E-state index contributed by atoms with van der Waals surface area (Å²) in [6, 6.07) is 0. The van der Waals surface area contributed by atoms with Gasteiger partial charge in [0.1, 0.15) is 0 Å². The molecule has 2 unspecified atom stereocenters. The fourth-order valence-electron chi connectivity index (χ4n) is 4.00. The molecule has 0 aromatic carbocycles. The van der Waals surface area contributed by atoms with Crippen molar-refractivity contribution in [2.75, 3.05) is 14.1 Å². The van der Waals surface area contributed by atoms with Gasteiger partial charge in [0.25, 0.3) is 0 Å². The molecule has 2 atom stereocenters. The fourth-order valence-corrected chi connectivity index (χ4v) is 4.00. The van der Waals surface area contributed by atoms with Gasteiger partial charge in [-0.15, -0.1) is 0 Å². The van der Waals surface area contributed by atoms with E-state index in [2.05, 4.69) is 10.7 Å². The summed E-state index contributed by atoms with van der Waals surface area (Å²) < 4.78 is 0. The average molecular weight is 281 g/mol. The second kappa shape index (κ2) is 4.28. The Morgan fingerprint density at radius 1 is 1.05 bits per heavy atom. The van der Waals surface area contributed by atoms with Crippen LogP contribution in [-0.2, 0) is 14.4 Å². The molecule has 1 saturated heterocycles. The molecule has 1 aliphatic heterocycles. The number of carbonyl (C=O) groups excluding carboxylic acids is 3. The van der Waals surface area contributed by atoms with Crippen molar-refractivity contribution in [3.63, 3.8) is 0 Å². The summed E-state index contributed by atoms with van der Waals surface area (Å²) in [7, 11) is 3.48. The normalized spacial score (nSPS) is 40.5. The number of carbonyl (C=O) groups is 3. The molecular formula is C14H23N3O3. The van der Waals surface area contributed by atoms with Crippen molar-refractivity contribution in [2.24, 2.45) is 16.2 Å². The average Bonchev–Trinajstić information content (AvgIpc) is 2.24. The van der Waals surface area contributed by atoms with Gasteiger partial charge in [0.2, 0.25) is 17.7 Å². The molecular weight excluding hydrogens is 258 g/mol. The van der Waals surface area contributed by atoms with Gasteiger partial charge in [0.15, 0.2) is 0 Å². The predicted octanol–water partition coefficient (Wildman–Crippen LogP) is 0.438. The Labute approximate surface area is 119 Å². The van der Waals surface area contributed by atoms with E-state index in [1.807, 2.05) is 20.8 Å². The fraction of sp³-hybridized carbons (Fsp3) is 0.786. The Morgan fingerprint density at radius 3 is 1.90 bits per heavy atom. The third-order valence-corrected chi connectivity index (χ3v) is 4.54. The summed E-state index contributed by atoms with van der Waals surface area (Å²) in [6.45, 7) is 5.52. The maximum atomic E-state index is 12.5. The quantitative estimate of drug-likeness (QED) is 0.568. The Bertz CT molecular complexity index is 460. The zero-order chi connectivity index (χ0) is 15.3. The Morgan fingerprint density at radius 2 is 1.50 bits per heavy atom. The lowest BCUT2D eigenvalue weighted by Crippen LogP contribution is -2.64. The van der Waals surface area contributed by atoms with Crippen molar-refractivity contribution >= 4 is 17.7 Å². The lowest BCUT2D eigenvalue weighted by atomic mass is 9.52. The van der Waals surface area contributed by atoms with Gasteiger partial charge in [-0.25, -0.2) is 5.01 Å². The van der Waals surface area contributed by atoms with Gasteiger partial charge >= 0.3 is 0 Å². The maximum absolute atomic E-state index is 12.5. The van der Waals surface area contributed by atoms with Gasteiger partial charge in [-0.05, 0) is 19.3 Å². The van der Waals surface area contributed by atoms with E-state index in [0.717, 1.165) is 0 Å². The minimum Gasteiger partial charge on any atom is -0.296 e. The summed E-state index contributed by atoms with van der Waals surface area (Å²) >= 11 is 0. The summed E-state index contributed by atoms with van der Waals surface area (Å²) in [5, 5.41) is 4.05. The molecule has 6 nitrogen and oxygen atoms in total. The van der Waals surface area contributed by atoms with E-state index in [9.17, 15) is 14.4 Å². The third-order valence-electron chi connectivity index (χ3n) is 4.54. The van der Waals surface area contributed by atoms with Crippen LogP contribution in [0.2, 0.25) is 0 Å². The van der Waals surface area contributed by atoms with Crippen LogP contribution in [0.5, 0.6) is 0 Å². The summed E-state index contributed by atoms with van der Waals surface area (Å²) in [5.41, 5.74) is 0.700. The van der Waals surface area contributed by atoms with Crippen LogP contribution >= 0.6 is 0 Å². The maximum Gasteiger partial charge on any atom is 0.240 e. The predicted molar refractivity (Wildman–Crippen MR) is 73.2 cm³/mol. The van der Waals surface area contributed by atoms with Crippen LogP contribution in [0, 0.1) is 16.2 Å². The number of nitrogens with zero attached hydrogens (tertiary/aromatic N) is 1. The van der Waals surface area contributed by atoms with E-state index in [0.29, 0.717) is 19.3 Å². The number of amides is 3. The van der Waals surface area contributed by atoms with E-state index in [1.54, 1.807) is 19.1 Å². The minimum absolute atomic E-state index is 0.137. The lowest BCUT2D eigenvalue weighted by molar-refractivity contribution is -0.165. The number of imide groups is 1. The van der Waals surface area contributed by atoms with Gasteiger partial charge in [-0.1, -0.05) is 20.8 Å². The number of fused-ring (bicyclic) bond motifs is 2. The summed E-state index contributed by atoms with van der Waals surface area (Å²) in [6.07, 6.45) is 1.41. The molecule has 2 aliphatic rings. The molecule has 1 aliphatic carbocycles. The second-order valence-corrected chi connectivity index (χ2v) is 7.33. The van der Waals surface area contributed by atoms with Crippen molar-refractivity contribution < 1.29 is 14.4 Å². The van der Waals surface area contributed by atoms with Crippen LogP contribution in [0.1, 0.15) is 40.0 Å². The van der Waals surface area contributed by atoms with Crippen LogP contribution in [-0.4, -0.2) is 36.8 Å². The first-order valence-electron chi connectivity index (χ1n) is 6.85. The molecule has 1 saturated carbocycles. The number of hydrazine groups is 1. The summed E-state index contributed by atoms with van der Waals surface area (Å²) in [5.74, 6) is -0.658. The molecule has 112 valence electrons. The van der Waals surface area contributed by atoms with Crippen LogP contribution in [0.25, 0.3) is 0 Å². The number of hydrogen-bond acceptors (Lipinski definition) is 4. The van der Waals surface area contributed by atoms with E-state index >= 15 is 0 Å². The number of rotatable bonds is 2. The Kier molecular flexibility index (Phi) is 3.20. The van der Waals surface area contributed by atoms with Crippen molar-refractivity contribution in [3.05, 3.63) is 0 Å². The first kappa shape index (κ1) is 15.0. The molecule has 1 heterocycles. The van der Waals surface area contributed by atoms with Crippen LogP contribution in [0.4, 0.5) is 0 Å². The Balaban J connectivity index is 2.37. The van der Waals surface area contributed by atoms with Gasteiger partial charge in [0.05, 0.1) is 0 Å². The minimum atomic E-state index is -0.723. The first-order chi connectivity index (χ1) is 9.01. The molecule has 2 fully saturated rings. The largest absolute Gasteiger partial charge is 0.296 e. The van der Waals surface area contributed by atoms with Crippen molar-refractivity contribution in [3.8, 4) is 0 Å². The molecule has 20 heavy (non-hydrogen) atoms. The smallest absolute Gasteiger partial charge is 0.240 e. The third kappa shape index (κ3) is 2.22. The van der Waals surface area contributed by atoms with Crippen molar-refractivity contribution in [1.29, 1.82) is 0 Å². The van der Waals surface area contributed by atoms with E-state index in [4.69, 9.17) is 0 Å². The number of hydrogen-bond donors (Lipinski definition) is 2. The lowest BCUT2D eigenvalue weighted by Gasteiger charge is -2.53. The van der Waals surface area contributed by atoms with Crippen molar-refractivity contribution in [2.45, 2.75) is 40.0 Å². The Hall–Kier alpha value is -1.43. The molecule has 2 rings (SSSR count). The van der Waals surface area contributed by atoms with E-state index in [-0.39, 0.29) is 17.7 Å². The van der Waals surface area contributed by atoms with Gasteiger partial charge < -0.3 is 0 Å². The number of piperidine rings is 1. The summed E-state index contributed by atoms with van der Waals surface area (Å²) in [4.78, 5) is 36.7. The molecule has 0 spiro atoms. The second-order valence-electron chi connectivity index (χ2n) is 7.33.